The monoisotopic (exact) mass is 272 g/mol. The zero-order valence-electron chi connectivity index (χ0n) is 11.0. The van der Waals surface area contributed by atoms with E-state index in [9.17, 15) is 0 Å². The second kappa shape index (κ2) is 5.25. The Hall–Kier alpha value is -2.12. The average molecular weight is 273 g/mol. The van der Waals surface area contributed by atoms with Crippen molar-refractivity contribution in [2.75, 3.05) is 11.9 Å². The van der Waals surface area contributed by atoms with Crippen LogP contribution in [0.4, 0.5) is 11.5 Å². The summed E-state index contributed by atoms with van der Waals surface area (Å²) >= 11 is 5.95. The summed E-state index contributed by atoms with van der Waals surface area (Å²) in [6, 6.07) is 9.47. The van der Waals surface area contributed by atoms with Gasteiger partial charge >= 0.3 is 0 Å². The fourth-order valence-electron chi connectivity index (χ4n) is 1.79. The number of hydrogen-bond acceptors (Lipinski definition) is 4. The zero-order valence-corrected chi connectivity index (χ0v) is 11.7. The molecule has 0 aliphatic carbocycles. The van der Waals surface area contributed by atoms with Crippen LogP contribution < -0.4 is 4.90 Å². The van der Waals surface area contributed by atoms with Gasteiger partial charge < -0.3 is 4.90 Å². The van der Waals surface area contributed by atoms with Crippen molar-refractivity contribution in [3.05, 3.63) is 46.1 Å². The first-order chi connectivity index (χ1) is 9.04. The van der Waals surface area contributed by atoms with Crippen molar-refractivity contribution in [1.82, 2.24) is 10.2 Å². The topological polar surface area (TPSA) is 52.8 Å². The van der Waals surface area contributed by atoms with Crippen LogP contribution in [0.15, 0.2) is 24.3 Å². The van der Waals surface area contributed by atoms with Crippen molar-refractivity contribution in [2.24, 2.45) is 0 Å². The van der Waals surface area contributed by atoms with E-state index in [4.69, 9.17) is 16.9 Å². The summed E-state index contributed by atoms with van der Waals surface area (Å²) in [6.07, 6.45) is 0. The number of hydrogen-bond donors (Lipinski definition) is 0. The molecule has 0 radical (unpaired) electrons. The number of nitrogens with zero attached hydrogens (tertiary/aromatic N) is 4. The van der Waals surface area contributed by atoms with E-state index in [0.29, 0.717) is 10.7 Å². The molecule has 0 fully saturated rings. The van der Waals surface area contributed by atoms with Crippen LogP contribution in [0.2, 0.25) is 5.15 Å². The molecule has 1 heterocycles. The van der Waals surface area contributed by atoms with Gasteiger partial charge in [-0.1, -0.05) is 17.7 Å². The Balaban J connectivity index is 2.47. The first-order valence-electron chi connectivity index (χ1n) is 5.78. The lowest BCUT2D eigenvalue weighted by Crippen LogP contribution is -2.14. The number of benzene rings is 1. The van der Waals surface area contributed by atoms with Gasteiger partial charge in [0.15, 0.2) is 11.0 Å². The molecule has 0 aliphatic heterocycles. The van der Waals surface area contributed by atoms with E-state index in [1.165, 1.54) is 0 Å². The maximum Gasteiger partial charge on any atom is 0.158 e. The van der Waals surface area contributed by atoms with E-state index in [2.05, 4.69) is 16.3 Å². The summed E-state index contributed by atoms with van der Waals surface area (Å²) < 4.78 is 0. The van der Waals surface area contributed by atoms with Crippen LogP contribution in [-0.4, -0.2) is 17.2 Å². The lowest BCUT2D eigenvalue weighted by atomic mass is 10.1. The molecule has 0 saturated carbocycles. The Morgan fingerprint density at radius 1 is 1.21 bits per heavy atom. The second-order valence-electron chi connectivity index (χ2n) is 4.29. The molecule has 1 aromatic heterocycles. The van der Waals surface area contributed by atoms with E-state index in [1.54, 1.807) is 6.07 Å². The molecule has 2 rings (SSSR count). The molecule has 4 nitrogen and oxygen atoms in total. The van der Waals surface area contributed by atoms with Crippen molar-refractivity contribution < 1.29 is 0 Å². The van der Waals surface area contributed by atoms with Gasteiger partial charge in [0.05, 0.1) is 11.6 Å². The van der Waals surface area contributed by atoms with Crippen molar-refractivity contribution in [3.63, 3.8) is 0 Å². The minimum Gasteiger partial charge on any atom is -0.328 e. The van der Waals surface area contributed by atoms with Gasteiger partial charge in [0.2, 0.25) is 0 Å². The predicted molar refractivity (Wildman–Crippen MR) is 75.7 cm³/mol. The number of aromatic nitrogens is 2. The Labute approximate surface area is 117 Å². The minimum absolute atomic E-state index is 0.417. The molecule has 0 unspecified atom stereocenters. The van der Waals surface area contributed by atoms with Crippen LogP contribution in [-0.2, 0) is 0 Å². The summed E-state index contributed by atoms with van der Waals surface area (Å²) in [6.45, 7) is 3.87. The van der Waals surface area contributed by atoms with Crippen molar-refractivity contribution in [2.45, 2.75) is 13.8 Å². The molecule has 0 amide bonds. The first-order valence-corrected chi connectivity index (χ1v) is 6.15. The summed E-state index contributed by atoms with van der Waals surface area (Å²) in [5.41, 5.74) is 3.39. The second-order valence-corrected chi connectivity index (χ2v) is 4.64. The number of rotatable bonds is 2. The Morgan fingerprint density at radius 3 is 2.63 bits per heavy atom. The van der Waals surface area contributed by atoms with Crippen molar-refractivity contribution >= 4 is 23.1 Å². The molecule has 2 aromatic rings. The lowest BCUT2D eigenvalue weighted by Gasteiger charge is -2.20. The summed E-state index contributed by atoms with van der Waals surface area (Å²) in [4.78, 5) is 1.90. The summed E-state index contributed by atoms with van der Waals surface area (Å²) in [5, 5.41) is 17.4. The minimum atomic E-state index is 0.417. The highest BCUT2D eigenvalue weighted by atomic mass is 35.5. The summed E-state index contributed by atoms with van der Waals surface area (Å²) in [7, 11) is 1.89. The molecular weight excluding hydrogens is 260 g/mol. The molecule has 5 heteroatoms. The van der Waals surface area contributed by atoms with Gasteiger partial charge in [0, 0.05) is 12.7 Å². The van der Waals surface area contributed by atoms with Gasteiger partial charge in [-0.15, -0.1) is 10.2 Å². The third kappa shape index (κ3) is 2.51. The average Bonchev–Trinajstić information content (AvgIpc) is 2.44. The first kappa shape index (κ1) is 13.3. The quantitative estimate of drug-likeness (QED) is 0.841. The lowest BCUT2D eigenvalue weighted by molar-refractivity contribution is 0.957. The van der Waals surface area contributed by atoms with Crippen LogP contribution in [0.5, 0.6) is 0 Å². The number of nitriles is 1. The highest BCUT2D eigenvalue weighted by molar-refractivity contribution is 6.30. The van der Waals surface area contributed by atoms with Gasteiger partial charge in [0.25, 0.3) is 0 Å². The van der Waals surface area contributed by atoms with Crippen molar-refractivity contribution in [1.29, 1.82) is 5.26 Å². The maximum atomic E-state index is 8.94. The van der Waals surface area contributed by atoms with E-state index in [-0.39, 0.29) is 0 Å². The Kier molecular flexibility index (Phi) is 3.68. The van der Waals surface area contributed by atoms with E-state index < -0.39 is 0 Å². The van der Waals surface area contributed by atoms with Crippen LogP contribution in [0, 0.1) is 25.2 Å². The zero-order chi connectivity index (χ0) is 14.0. The number of halogens is 1. The van der Waals surface area contributed by atoms with Gasteiger partial charge in [-0.2, -0.15) is 5.26 Å². The van der Waals surface area contributed by atoms with Gasteiger partial charge in [-0.25, -0.2) is 0 Å². The van der Waals surface area contributed by atoms with E-state index >= 15 is 0 Å². The van der Waals surface area contributed by atoms with E-state index in [1.807, 2.05) is 44.0 Å². The third-order valence-corrected chi connectivity index (χ3v) is 3.48. The van der Waals surface area contributed by atoms with Gasteiger partial charge in [0.1, 0.15) is 0 Å². The third-order valence-electron chi connectivity index (χ3n) is 3.12. The van der Waals surface area contributed by atoms with Gasteiger partial charge in [-0.05, 0) is 43.2 Å². The molecule has 0 saturated heterocycles. The normalized spacial score (nSPS) is 10.1. The maximum absolute atomic E-state index is 8.94. The molecule has 0 atom stereocenters. The van der Waals surface area contributed by atoms with Crippen LogP contribution in [0.1, 0.15) is 16.7 Å². The highest BCUT2D eigenvalue weighted by Crippen LogP contribution is 2.28. The molecule has 0 bridgehead atoms. The summed E-state index contributed by atoms with van der Waals surface area (Å²) in [5.74, 6) is 0.733. The van der Waals surface area contributed by atoms with Gasteiger partial charge in [-0.3, -0.25) is 0 Å². The smallest absolute Gasteiger partial charge is 0.158 e. The van der Waals surface area contributed by atoms with Crippen LogP contribution in [0.3, 0.4) is 0 Å². The SMILES string of the molecule is Cc1c(Cl)nnc(N(C)c2cccc(C#N)c2)c1C. The molecule has 96 valence electrons. The molecule has 0 spiro atoms. The highest BCUT2D eigenvalue weighted by Gasteiger charge is 2.13. The molecular formula is C14H13ClN4. The number of anilines is 2. The fourth-order valence-corrected chi connectivity index (χ4v) is 1.97. The molecule has 0 N–H and O–H groups in total. The van der Waals surface area contributed by atoms with Crippen LogP contribution >= 0.6 is 11.6 Å². The largest absolute Gasteiger partial charge is 0.328 e. The predicted octanol–water partition coefficient (Wildman–Crippen LogP) is 3.39. The van der Waals surface area contributed by atoms with Crippen LogP contribution in [0.25, 0.3) is 0 Å². The standard InChI is InChI=1S/C14H13ClN4/c1-9-10(2)14(18-17-13(9)15)19(3)12-6-4-5-11(7-12)8-16/h4-7H,1-3H3. The fraction of sp³-hybridized carbons (Fsp3) is 0.214. The Morgan fingerprint density at radius 2 is 1.95 bits per heavy atom. The molecule has 0 aliphatic rings. The molecule has 1 aromatic carbocycles. The molecule has 19 heavy (non-hydrogen) atoms. The Bertz CT molecular complexity index is 661. The van der Waals surface area contributed by atoms with Crippen molar-refractivity contribution in [3.8, 4) is 6.07 Å². The van der Waals surface area contributed by atoms with E-state index in [0.717, 1.165) is 22.6 Å².